The minimum atomic E-state index is -3.43. The number of rotatable bonds is 8. The molecule has 0 atom stereocenters. The van der Waals surface area contributed by atoms with E-state index in [1.165, 1.54) is 0 Å². The van der Waals surface area contributed by atoms with E-state index >= 15 is 0 Å². The van der Waals surface area contributed by atoms with Crippen LogP contribution in [-0.4, -0.2) is 32.4 Å². The molecule has 26 heavy (non-hydrogen) atoms. The largest absolute Gasteiger partial charge is 0.312 e. The molecule has 140 valence electrons. The van der Waals surface area contributed by atoms with Gasteiger partial charge in [-0.2, -0.15) is 0 Å². The van der Waals surface area contributed by atoms with Crippen molar-refractivity contribution in [1.29, 1.82) is 0 Å². The average Bonchev–Trinajstić information content (AvgIpc) is 2.55. The van der Waals surface area contributed by atoms with Crippen molar-refractivity contribution in [2.24, 2.45) is 0 Å². The average molecular weight is 374 g/mol. The second kappa shape index (κ2) is 8.99. The Morgan fingerprint density at radius 3 is 2.19 bits per heavy atom. The van der Waals surface area contributed by atoms with Crippen LogP contribution in [-0.2, 0) is 21.1 Å². The van der Waals surface area contributed by atoms with E-state index in [1.54, 1.807) is 4.90 Å². The van der Waals surface area contributed by atoms with Crippen LogP contribution in [0.25, 0.3) is 0 Å². The summed E-state index contributed by atoms with van der Waals surface area (Å²) in [6.07, 6.45) is 1.22. The molecular formula is C21H27NO3S. The maximum atomic E-state index is 12.6. The van der Waals surface area contributed by atoms with Gasteiger partial charge in [0.05, 0.1) is 5.75 Å². The predicted octanol–water partition coefficient (Wildman–Crippen LogP) is 3.70. The maximum Gasteiger partial charge on any atom is 0.242 e. The number of hydrogen-bond donors (Lipinski definition) is 0. The second-order valence-electron chi connectivity index (χ2n) is 6.67. The van der Waals surface area contributed by atoms with E-state index in [2.05, 4.69) is 0 Å². The van der Waals surface area contributed by atoms with Crippen LogP contribution in [0.5, 0.6) is 0 Å². The Hall–Kier alpha value is -2.14. The number of sulfone groups is 1. The van der Waals surface area contributed by atoms with Gasteiger partial charge in [0, 0.05) is 12.2 Å². The van der Waals surface area contributed by atoms with Crippen LogP contribution in [0.2, 0.25) is 0 Å². The van der Waals surface area contributed by atoms with Gasteiger partial charge in [0.1, 0.15) is 5.75 Å². The molecule has 0 aliphatic heterocycles. The topological polar surface area (TPSA) is 54.5 Å². The van der Waals surface area contributed by atoms with Gasteiger partial charge in [-0.1, -0.05) is 36.4 Å². The molecule has 0 fully saturated rings. The minimum Gasteiger partial charge on any atom is -0.312 e. The number of anilines is 1. The van der Waals surface area contributed by atoms with Crippen molar-refractivity contribution in [3.63, 3.8) is 0 Å². The number of benzene rings is 2. The summed E-state index contributed by atoms with van der Waals surface area (Å²) in [5.41, 5.74) is 3.97. The fraction of sp³-hybridized carbons (Fsp3) is 0.381. The number of nitrogens with zero attached hydrogens (tertiary/aromatic N) is 1. The zero-order valence-corrected chi connectivity index (χ0v) is 16.6. The standard InChI is InChI=1S/C21H27NO3S/c1-4-22(20-14-17(2)13-18(3)15-20)21(23)16-26(24,25)12-8-11-19-9-6-5-7-10-19/h5-7,9-10,13-15H,4,8,11-12,16H2,1-3H3. The molecule has 0 bridgehead atoms. The van der Waals surface area contributed by atoms with Gasteiger partial charge < -0.3 is 4.90 Å². The first kappa shape index (κ1) is 20.2. The molecular weight excluding hydrogens is 346 g/mol. The van der Waals surface area contributed by atoms with Gasteiger partial charge in [-0.3, -0.25) is 4.79 Å². The van der Waals surface area contributed by atoms with Crippen molar-refractivity contribution in [2.45, 2.75) is 33.6 Å². The number of aryl methyl sites for hydroxylation is 3. The third kappa shape index (κ3) is 5.99. The lowest BCUT2D eigenvalue weighted by atomic mass is 10.1. The summed E-state index contributed by atoms with van der Waals surface area (Å²) in [6, 6.07) is 15.6. The van der Waals surface area contributed by atoms with Crippen molar-refractivity contribution in [3.05, 3.63) is 65.2 Å². The van der Waals surface area contributed by atoms with Crippen molar-refractivity contribution in [1.82, 2.24) is 0 Å². The molecule has 0 heterocycles. The van der Waals surface area contributed by atoms with Crippen LogP contribution in [0.15, 0.2) is 48.5 Å². The van der Waals surface area contributed by atoms with Gasteiger partial charge in [-0.05, 0) is 62.4 Å². The lowest BCUT2D eigenvalue weighted by Crippen LogP contribution is -2.36. The highest BCUT2D eigenvalue weighted by Gasteiger charge is 2.22. The molecule has 2 aromatic rings. The van der Waals surface area contributed by atoms with E-state index in [0.29, 0.717) is 19.4 Å². The van der Waals surface area contributed by atoms with Crippen LogP contribution >= 0.6 is 0 Å². The Morgan fingerprint density at radius 1 is 1.00 bits per heavy atom. The Kier molecular flexibility index (Phi) is 6.98. The van der Waals surface area contributed by atoms with E-state index in [9.17, 15) is 13.2 Å². The summed E-state index contributed by atoms with van der Waals surface area (Å²) in [4.78, 5) is 14.1. The second-order valence-corrected chi connectivity index (χ2v) is 8.85. The molecule has 2 rings (SSSR count). The fourth-order valence-electron chi connectivity index (χ4n) is 3.09. The van der Waals surface area contributed by atoms with Crippen LogP contribution in [0.3, 0.4) is 0 Å². The van der Waals surface area contributed by atoms with Gasteiger partial charge in [-0.25, -0.2) is 8.42 Å². The highest BCUT2D eigenvalue weighted by atomic mass is 32.2. The van der Waals surface area contributed by atoms with Crippen molar-refractivity contribution < 1.29 is 13.2 Å². The van der Waals surface area contributed by atoms with Crippen LogP contribution in [0, 0.1) is 13.8 Å². The molecule has 2 aromatic carbocycles. The summed E-state index contributed by atoms with van der Waals surface area (Å²) < 4.78 is 24.7. The number of hydrogen-bond acceptors (Lipinski definition) is 3. The van der Waals surface area contributed by atoms with Crippen LogP contribution in [0.1, 0.15) is 30.0 Å². The summed E-state index contributed by atoms with van der Waals surface area (Å²) in [5, 5.41) is 0. The van der Waals surface area contributed by atoms with E-state index in [1.807, 2.05) is 69.3 Å². The van der Waals surface area contributed by atoms with Gasteiger partial charge in [0.2, 0.25) is 5.91 Å². The number of amides is 1. The van der Waals surface area contributed by atoms with E-state index < -0.39 is 15.6 Å². The molecule has 5 heteroatoms. The highest BCUT2D eigenvalue weighted by molar-refractivity contribution is 7.92. The Morgan fingerprint density at radius 2 is 1.62 bits per heavy atom. The third-order valence-corrected chi connectivity index (χ3v) is 5.84. The summed E-state index contributed by atoms with van der Waals surface area (Å²) in [6.45, 7) is 6.24. The maximum absolute atomic E-state index is 12.6. The van der Waals surface area contributed by atoms with Crippen molar-refractivity contribution in [3.8, 4) is 0 Å². The highest BCUT2D eigenvalue weighted by Crippen LogP contribution is 2.19. The molecule has 4 nitrogen and oxygen atoms in total. The van der Waals surface area contributed by atoms with Gasteiger partial charge in [0.25, 0.3) is 0 Å². The molecule has 0 aromatic heterocycles. The monoisotopic (exact) mass is 373 g/mol. The Bertz CT molecular complexity index is 825. The van der Waals surface area contributed by atoms with E-state index in [4.69, 9.17) is 0 Å². The van der Waals surface area contributed by atoms with Gasteiger partial charge in [0.15, 0.2) is 9.84 Å². The lowest BCUT2D eigenvalue weighted by Gasteiger charge is -2.22. The van der Waals surface area contributed by atoms with Crippen LogP contribution in [0.4, 0.5) is 5.69 Å². The third-order valence-electron chi connectivity index (χ3n) is 4.24. The van der Waals surface area contributed by atoms with Crippen LogP contribution < -0.4 is 4.90 Å². The van der Waals surface area contributed by atoms with Crippen molar-refractivity contribution in [2.75, 3.05) is 23.0 Å². The molecule has 0 unspecified atom stereocenters. The summed E-state index contributed by atoms with van der Waals surface area (Å²) in [5.74, 6) is -0.780. The summed E-state index contributed by atoms with van der Waals surface area (Å²) >= 11 is 0. The zero-order chi connectivity index (χ0) is 19.2. The first-order valence-electron chi connectivity index (χ1n) is 8.94. The smallest absolute Gasteiger partial charge is 0.242 e. The Labute approximate surface area is 156 Å². The summed E-state index contributed by atoms with van der Waals surface area (Å²) in [7, 11) is -3.43. The van der Waals surface area contributed by atoms with E-state index in [0.717, 1.165) is 22.4 Å². The molecule has 1 amide bonds. The molecule has 0 spiro atoms. The molecule has 0 N–H and O–H groups in total. The lowest BCUT2D eigenvalue weighted by molar-refractivity contribution is -0.116. The van der Waals surface area contributed by atoms with Gasteiger partial charge >= 0.3 is 0 Å². The quantitative estimate of drug-likeness (QED) is 0.709. The molecule has 0 aliphatic carbocycles. The molecule has 0 saturated carbocycles. The molecule has 0 radical (unpaired) electrons. The SMILES string of the molecule is CCN(C(=O)CS(=O)(=O)CCCc1ccccc1)c1cc(C)cc(C)c1. The Balaban J connectivity index is 1.99. The first-order valence-corrected chi connectivity index (χ1v) is 10.8. The normalized spacial score (nSPS) is 11.3. The number of carbonyl (C=O) groups excluding carboxylic acids is 1. The van der Waals surface area contributed by atoms with Crippen molar-refractivity contribution >= 4 is 21.4 Å². The molecule has 0 saturated heterocycles. The first-order chi connectivity index (χ1) is 12.3. The molecule has 0 aliphatic rings. The minimum absolute atomic E-state index is 0.0258. The zero-order valence-electron chi connectivity index (χ0n) is 15.7. The number of carbonyl (C=O) groups is 1. The fourth-order valence-corrected chi connectivity index (χ4v) is 4.35. The van der Waals surface area contributed by atoms with E-state index in [-0.39, 0.29) is 11.7 Å². The predicted molar refractivity (Wildman–Crippen MR) is 107 cm³/mol. The van der Waals surface area contributed by atoms with Gasteiger partial charge in [-0.15, -0.1) is 0 Å².